The molecule has 1 amide bonds. The molecule has 0 aliphatic carbocycles. The van der Waals surface area contributed by atoms with Gasteiger partial charge in [0.25, 0.3) is 5.91 Å². The van der Waals surface area contributed by atoms with Crippen molar-refractivity contribution in [2.45, 2.75) is 18.9 Å². The van der Waals surface area contributed by atoms with Crippen molar-refractivity contribution in [3.8, 4) is 0 Å². The van der Waals surface area contributed by atoms with Gasteiger partial charge in [-0.25, -0.2) is 4.39 Å². The number of rotatable bonds is 1. The molecule has 2 atom stereocenters. The Labute approximate surface area is 120 Å². The summed E-state index contributed by atoms with van der Waals surface area (Å²) in [5.41, 5.74) is 0.159. The highest BCUT2D eigenvalue weighted by molar-refractivity contribution is 9.10. The van der Waals surface area contributed by atoms with Gasteiger partial charge in [-0.1, -0.05) is 6.07 Å². The Morgan fingerprint density at radius 2 is 2.26 bits per heavy atom. The van der Waals surface area contributed by atoms with Gasteiger partial charge in [0.2, 0.25) is 0 Å². The van der Waals surface area contributed by atoms with E-state index in [1.54, 1.807) is 17.0 Å². The molecule has 1 N–H and O–H groups in total. The van der Waals surface area contributed by atoms with Crippen molar-refractivity contribution in [3.05, 3.63) is 34.1 Å². The fraction of sp³-hybridized carbons (Fsp3) is 0.500. The average molecular weight is 327 g/mol. The van der Waals surface area contributed by atoms with E-state index in [1.807, 2.05) is 0 Å². The molecular formula is C14H16BrFN2O. The number of carbonyl (C=O) groups excluding carboxylic acids is 1. The molecule has 102 valence electrons. The van der Waals surface area contributed by atoms with E-state index in [0.717, 1.165) is 25.9 Å². The summed E-state index contributed by atoms with van der Waals surface area (Å²) in [6, 6.07) is 5.18. The van der Waals surface area contributed by atoms with Gasteiger partial charge >= 0.3 is 0 Å². The molecule has 1 aromatic rings. The smallest absolute Gasteiger partial charge is 0.257 e. The maximum atomic E-state index is 13.8. The average Bonchev–Trinajstić information content (AvgIpc) is 2.85. The van der Waals surface area contributed by atoms with Gasteiger partial charge < -0.3 is 10.2 Å². The molecule has 0 radical (unpaired) electrons. The Balaban J connectivity index is 1.81. The van der Waals surface area contributed by atoms with Crippen molar-refractivity contribution in [1.29, 1.82) is 0 Å². The van der Waals surface area contributed by atoms with Gasteiger partial charge in [0.05, 0.1) is 5.56 Å². The molecule has 0 aromatic heterocycles. The van der Waals surface area contributed by atoms with Crippen molar-refractivity contribution in [3.63, 3.8) is 0 Å². The normalized spacial score (nSPS) is 26.3. The predicted molar refractivity (Wildman–Crippen MR) is 74.5 cm³/mol. The SMILES string of the molecule is O=C(c1c(F)cccc1Br)N1CCC2NCCC2C1. The zero-order chi connectivity index (χ0) is 13.4. The summed E-state index contributed by atoms with van der Waals surface area (Å²) >= 11 is 3.27. The number of nitrogens with one attached hydrogen (secondary N) is 1. The molecule has 0 spiro atoms. The molecular weight excluding hydrogens is 311 g/mol. The minimum atomic E-state index is -0.453. The third-order valence-corrected chi connectivity index (χ3v) is 4.78. The van der Waals surface area contributed by atoms with Crippen LogP contribution in [0, 0.1) is 11.7 Å². The summed E-state index contributed by atoms with van der Waals surface area (Å²) in [7, 11) is 0. The van der Waals surface area contributed by atoms with E-state index in [9.17, 15) is 9.18 Å². The lowest BCUT2D eigenvalue weighted by molar-refractivity contribution is 0.0656. The summed E-state index contributed by atoms with van der Waals surface area (Å²) in [6.07, 6.45) is 2.06. The Bertz CT molecular complexity index is 488. The predicted octanol–water partition coefficient (Wildman–Crippen LogP) is 2.41. The highest BCUT2D eigenvalue weighted by atomic mass is 79.9. The van der Waals surface area contributed by atoms with E-state index in [0.29, 0.717) is 23.0 Å². The second kappa shape index (κ2) is 5.21. The van der Waals surface area contributed by atoms with Crippen LogP contribution in [0.1, 0.15) is 23.2 Å². The largest absolute Gasteiger partial charge is 0.338 e. The molecule has 5 heteroatoms. The number of hydrogen-bond acceptors (Lipinski definition) is 2. The van der Waals surface area contributed by atoms with Gasteiger partial charge in [-0.3, -0.25) is 4.79 Å². The molecule has 19 heavy (non-hydrogen) atoms. The molecule has 2 aliphatic heterocycles. The minimum Gasteiger partial charge on any atom is -0.338 e. The van der Waals surface area contributed by atoms with E-state index >= 15 is 0 Å². The zero-order valence-corrected chi connectivity index (χ0v) is 12.1. The lowest BCUT2D eigenvalue weighted by Gasteiger charge is -2.35. The molecule has 2 saturated heterocycles. The molecule has 0 saturated carbocycles. The van der Waals surface area contributed by atoms with Crippen molar-refractivity contribution in [2.75, 3.05) is 19.6 Å². The second-order valence-corrected chi connectivity index (χ2v) is 6.10. The van der Waals surface area contributed by atoms with Crippen LogP contribution in [0.3, 0.4) is 0 Å². The number of halogens is 2. The van der Waals surface area contributed by atoms with Crippen LogP contribution in [0.5, 0.6) is 0 Å². The summed E-state index contributed by atoms with van der Waals surface area (Å²) < 4.78 is 14.4. The molecule has 2 aliphatic rings. The van der Waals surface area contributed by atoms with Crippen LogP contribution in [-0.4, -0.2) is 36.5 Å². The Kier molecular flexibility index (Phi) is 3.58. The first-order chi connectivity index (χ1) is 9.16. The van der Waals surface area contributed by atoms with Crippen molar-refractivity contribution in [2.24, 2.45) is 5.92 Å². The van der Waals surface area contributed by atoms with Gasteiger partial charge in [0.1, 0.15) is 5.82 Å². The van der Waals surface area contributed by atoms with Crippen LogP contribution in [0.4, 0.5) is 4.39 Å². The van der Waals surface area contributed by atoms with Gasteiger partial charge in [0, 0.05) is 23.6 Å². The van der Waals surface area contributed by atoms with Crippen LogP contribution in [0.15, 0.2) is 22.7 Å². The van der Waals surface area contributed by atoms with E-state index in [1.165, 1.54) is 6.07 Å². The van der Waals surface area contributed by atoms with Gasteiger partial charge in [0.15, 0.2) is 0 Å². The number of piperidine rings is 1. The lowest BCUT2D eigenvalue weighted by atomic mass is 9.93. The number of likely N-dealkylation sites (tertiary alicyclic amines) is 1. The van der Waals surface area contributed by atoms with Crippen LogP contribution in [0.2, 0.25) is 0 Å². The lowest BCUT2D eigenvalue weighted by Crippen LogP contribution is -2.47. The fourth-order valence-electron chi connectivity index (χ4n) is 3.09. The van der Waals surface area contributed by atoms with Crippen LogP contribution in [0.25, 0.3) is 0 Å². The van der Waals surface area contributed by atoms with Crippen molar-refractivity contribution >= 4 is 21.8 Å². The molecule has 0 bridgehead atoms. The number of carbonyl (C=O) groups is 1. The molecule has 3 nitrogen and oxygen atoms in total. The fourth-order valence-corrected chi connectivity index (χ4v) is 3.60. The quantitative estimate of drug-likeness (QED) is 0.859. The van der Waals surface area contributed by atoms with Gasteiger partial charge in [-0.05, 0) is 53.4 Å². The molecule has 3 rings (SSSR count). The Morgan fingerprint density at radius 3 is 3.05 bits per heavy atom. The maximum absolute atomic E-state index is 13.8. The van der Waals surface area contributed by atoms with E-state index in [4.69, 9.17) is 0 Å². The number of fused-ring (bicyclic) bond motifs is 1. The highest BCUT2D eigenvalue weighted by Gasteiger charge is 2.35. The first-order valence-corrected chi connectivity index (χ1v) is 7.43. The maximum Gasteiger partial charge on any atom is 0.257 e. The van der Waals surface area contributed by atoms with Crippen molar-refractivity contribution in [1.82, 2.24) is 10.2 Å². The number of nitrogens with zero attached hydrogens (tertiary/aromatic N) is 1. The summed E-state index contributed by atoms with van der Waals surface area (Å²) in [5, 5.41) is 3.46. The monoisotopic (exact) mass is 326 g/mol. The molecule has 2 fully saturated rings. The first kappa shape index (κ1) is 13.1. The molecule has 2 unspecified atom stereocenters. The summed E-state index contributed by atoms with van der Waals surface area (Å²) in [5.74, 6) is -0.135. The zero-order valence-electron chi connectivity index (χ0n) is 10.5. The molecule has 2 heterocycles. The third kappa shape index (κ3) is 2.41. The standard InChI is InChI=1S/C14H16BrFN2O/c15-10-2-1-3-11(16)13(10)14(19)18-7-5-12-9(8-18)4-6-17-12/h1-3,9,12,17H,4-8H2. The minimum absolute atomic E-state index is 0.159. The number of amides is 1. The Hall–Kier alpha value is -0.940. The first-order valence-electron chi connectivity index (χ1n) is 6.63. The molecule has 1 aromatic carbocycles. The summed E-state index contributed by atoms with van der Waals surface area (Å²) in [4.78, 5) is 14.3. The van der Waals surface area contributed by atoms with Crippen molar-refractivity contribution < 1.29 is 9.18 Å². The second-order valence-electron chi connectivity index (χ2n) is 5.25. The van der Waals surface area contributed by atoms with Crippen LogP contribution in [-0.2, 0) is 0 Å². The number of benzene rings is 1. The van der Waals surface area contributed by atoms with E-state index < -0.39 is 5.82 Å². The third-order valence-electron chi connectivity index (χ3n) is 4.12. The van der Waals surface area contributed by atoms with E-state index in [-0.39, 0.29) is 11.5 Å². The van der Waals surface area contributed by atoms with Gasteiger partial charge in [-0.15, -0.1) is 0 Å². The van der Waals surface area contributed by atoms with Gasteiger partial charge in [-0.2, -0.15) is 0 Å². The topological polar surface area (TPSA) is 32.3 Å². The summed E-state index contributed by atoms with van der Waals surface area (Å²) in [6.45, 7) is 2.46. The van der Waals surface area contributed by atoms with E-state index in [2.05, 4.69) is 21.2 Å². The Morgan fingerprint density at radius 1 is 1.42 bits per heavy atom. The van der Waals surface area contributed by atoms with Crippen LogP contribution >= 0.6 is 15.9 Å². The number of hydrogen-bond donors (Lipinski definition) is 1. The van der Waals surface area contributed by atoms with Crippen LogP contribution < -0.4 is 5.32 Å². The highest BCUT2D eigenvalue weighted by Crippen LogP contribution is 2.28.